The second-order valence-electron chi connectivity index (χ2n) is 5.89. The van der Waals surface area contributed by atoms with Crippen LogP contribution in [0.15, 0.2) is 54.6 Å². The van der Waals surface area contributed by atoms with Crippen LogP contribution in [0.5, 0.6) is 11.5 Å². The molecule has 1 amide bonds. The standard InChI is InChI=1S/C19H24N2O5S/c1-15(21(27(3,23)24)16-8-5-4-6-9-16)19(22)20-12-13-26-18-11-7-10-17(14-18)25-2/h4-11,14-15H,12-13H2,1-3H3,(H,20,22)/t15-/m1/s1. The highest BCUT2D eigenvalue weighted by Gasteiger charge is 2.28. The molecule has 146 valence electrons. The maximum absolute atomic E-state index is 12.4. The largest absolute Gasteiger partial charge is 0.497 e. The summed E-state index contributed by atoms with van der Waals surface area (Å²) in [4.78, 5) is 12.4. The number of sulfonamides is 1. The fourth-order valence-electron chi connectivity index (χ4n) is 2.57. The molecule has 0 aliphatic heterocycles. The van der Waals surface area contributed by atoms with E-state index in [0.29, 0.717) is 17.2 Å². The summed E-state index contributed by atoms with van der Waals surface area (Å²) >= 11 is 0. The van der Waals surface area contributed by atoms with E-state index in [0.717, 1.165) is 10.6 Å². The van der Waals surface area contributed by atoms with Gasteiger partial charge in [0.05, 0.1) is 25.6 Å². The second kappa shape index (κ2) is 9.27. The summed E-state index contributed by atoms with van der Waals surface area (Å²) in [7, 11) is -2.05. The Labute approximate surface area is 160 Å². The number of hydrogen-bond donors (Lipinski definition) is 1. The molecule has 2 aromatic rings. The third kappa shape index (κ3) is 5.89. The van der Waals surface area contributed by atoms with Gasteiger partial charge >= 0.3 is 0 Å². The lowest BCUT2D eigenvalue weighted by atomic mass is 10.2. The summed E-state index contributed by atoms with van der Waals surface area (Å²) in [6.07, 6.45) is 1.08. The van der Waals surface area contributed by atoms with Crippen LogP contribution in [-0.4, -0.2) is 46.9 Å². The highest BCUT2D eigenvalue weighted by atomic mass is 32.2. The molecule has 27 heavy (non-hydrogen) atoms. The van der Waals surface area contributed by atoms with Crippen molar-refractivity contribution in [3.05, 3.63) is 54.6 Å². The number of nitrogens with one attached hydrogen (secondary N) is 1. The summed E-state index contributed by atoms with van der Waals surface area (Å²) in [5, 5.41) is 2.70. The van der Waals surface area contributed by atoms with Crippen molar-refractivity contribution >= 4 is 21.6 Å². The van der Waals surface area contributed by atoms with Crippen LogP contribution in [0.3, 0.4) is 0 Å². The van der Waals surface area contributed by atoms with Gasteiger partial charge in [0.15, 0.2) is 0 Å². The molecule has 0 saturated heterocycles. The van der Waals surface area contributed by atoms with E-state index in [1.54, 1.807) is 68.6 Å². The molecule has 0 radical (unpaired) electrons. The lowest BCUT2D eigenvalue weighted by molar-refractivity contribution is -0.121. The molecule has 2 rings (SSSR count). The maximum atomic E-state index is 12.4. The van der Waals surface area contributed by atoms with Crippen LogP contribution in [0.25, 0.3) is 0 Å². The summed E-state index contributed by atoms with van der Waals surface area (Å²) < 4.78 is 36.1. The first kappa shape index (κ1) is 20.6. The normalized spacial score (nSPS) is 12.1. The van der Waals surface area contributed by atoms with Gasteiger partial charge in [0, 0.05) is 6.07 Å². The van der Waals surface area contributed by atoms with E-state index >= 15 is 0 Å². The number of benzene rings is 2. The SMILES string of the molecule is COc1cccc(OCCNC(=O)[C@@H](C)N(c2ccccc2)S(C)(=O)=O)c1. The van der Waals surface area contributed by atoms with Crippen molar-refractivity contribution in [3.8, 4) is 11.5 Å². The zero-order chi connectivity index (χ0) is 19.9. The molecule has 0 bridgehead atoms. The van der Waals surface area contributed by atoms with Crippen LogP contribution in [0.2, 0.25) is 0 Å². The molecule has 8 heteroatoms. The summed E-state index contributed by atoms with van der Waals surface area (Å²) in [6.45, 7) is 2.04. The monoisotopic (exact) mass is 392 g/mol. The third-order valence-corrected chi connectivity index (χ3v) is 5.05. The molecular weight excluding hydrogens is 368 g/mol. The van der Waals surface area contributed by atoms with E-state index in [1.165, 1.54) is 0 Å². The van der Waals surface area contributed by atoms with Gasteiger partial charge in [0.25, 0.3) is 0 Å². The van der Waals surface area contributed by atoms with Crippen LogP contribution < -0.4 is 19.1 Å². The minimum atomic E-state index is -3.62. The molecule has 0 aromatic heterocycles. The van der Waals surface area contributed by atoms with Gasteiger partial charge in [0.2, 0.25) is 15.9 Å². The second-order valence-corrected chi connectivity index (χ2v) is 7.75. The average molecular weight is 392 g/mol. The van der Waals surface area contributed by atoms with Gasteiger partial charge in [-0.2, -0.15) is 0 Å². The van der Waals surface area contributed by atoms with Gasteiger partial charge in [0.1, 0.15) is 24.1 Å². The number of nitrogens with zero attached hydrogens (tertiary/aromatic N) is 1. The smallest absolute Gasteiger partial charge is 0.243 e. The van der Waals surface area contributed by atoms with Gasteiger partial charge in [-0.15, -0.1) is 0 Å². The molecule has 0 unspecified atom stereocenters. The molecule has 1 atom stereocenters. The van der Waals surface area contributed by atoms with Gasteiger partial charge in [-0.25, -0.2) is 8.42 Å². The molecular formula is C19H24N2O5S. The fraction of sp³-hybridized carbons (Fsp3) is 0.316. The van der Waals surface area contributed by atoms with E-state index in [9.17, 15) is 13.2 Å². The van der Waals surface area contributed by atoms with Crippen molar-refractivity contribution in [1.82, 2.24) is 5.32 Å². The van der Waals surface area contributed by atoms with Crippen molar-refractivity contribution < 1.29 is 22.7 Å². The van der Waals surface area contributed by atoms with Crippen molar-refractivity contribution in [1.29, 1.82) is 0 Å². The van der Waals surface area contributed by atoms with Crippen LogP contribution in [0, 0.1) is 0 Å². The minimum Gasteiger partial charge on any atom is -0.497 e. The summed E-state index contributed by atoms with van der Waals surface area (Å²) in [5.41, 5.74) is 0.440. The number of para-hydroxylation sites is 1. The van der Waals surface area contributed by atoms with Crippen LogP contribution in [-0.2, 0) is 14.8 Å². The Morgan fingerprint density at radius 3 is 2.41 bits per heavy atom. The lowest BCUT2D eigenvalue weighted by Gasteiger charge is -2.28. The Balaban J connectivity index is 1.93. The van der Waals surface area contributed by atoms with Crippen LogP contribution in [0.1, 0.15) is 6.92 Å². The molecule has 0 aliphatic rings. The highest BCUT2D eigenvalue weighted by Crippen LogP contribution is 2.20. The lowest BCUT2D eigenvalue weighted by Crippen LogP contribution is -2.48. The number of rotatable bonds is 9. The summed E-state index contributed by atoms with van der Waals surface area (Å²) in [5.74, 6) is 0.897. The molecule has 0 spiro atoms. The number of carbonyl (C=O) groups excluding carboxylic acids is 1. The van der Waals surface area contributed by atoms with E-state index in [1.807, 2.05) is 0 Å². The van der Waals surface area contributed by atoms with Gasteiger partial charge in [-0.3, -0.25) is 9.10 Å². The maximum Gasteiger partial charge on any atom is 0.243 e. The van der Waals surface area contributed by atoms with Crippen molar-refractivity contribution in [3.63, 3.8) is 0 Å². The molecule has 0 fully saturated rings. The number of ether oxygens (including phenoxy) is 2. The van der Waals surface area contributed by atoms with Gasteiger partial charge in [-0.05, 0) is 31.2 Å². The molecule has 0 heterocycles. The first-order chi connectivity index (χ1) is 12.8. The Morgan fingerprint density at radius 2 is 1.78 bits per heavy atom. The Kier molecular flexibility index (Phi) is 7.06. The van der Waals surface area contributed by atoms with Gasteiger partial charge < -0.3 is 14.8 Å². The molecule has 7 nitrogen and oxygen atoms in total. The zero-order valence-electron chi connectivity index (χ0n) is 15.6. The van der Waals surface area contributed by atoms with Crippen LogP contribution in [0.4, 0.5) is 5.69 Å². The number of amides is 1. The summed E-state index contributed by atoms with van der Waals surface area (Å²) in [6, 6.07) is 14.8. The molecule has 1 N–H and O–H groups in total. The van der Waals surface area contributed by atoms with Crippen LogP contribution >= 0.6 is 0 Å². The number of carbonyl (C=O) groups is 1. The number of hydrogen-bond acceptors (Lipinski definition) is 5. The van der Waals surface area contributed by atoms with E-state index in [2.05, 4.69) is 5.32 Å². The Hall–Kier alpha value is -2.74. The highest BCUT2D eigenvalue weighted by molar-refractivity contribution is 7.92. The first-order valence-electron chi connectivity index (χ1n) is 8.42. The average Bonchev–Trinajstić information content (AvgIpc) is 2.65. The van der Waals surface area contributed by atoms with Gasteiger partial charge in [-0.1, -0.05) is 24.3 Å². The Morgan fingerprint density at radius 1 is 1.11 bits per heavy atom. The van der Waals surface area contributed by atoms with E-state index in [-0.39, 0.29) is 13.2 Å². The fourth-order valence-corrected chi connectivity index (χ4v) is 3.74. The number of anilines is 1. The molecule has 0 aliphatic carbocycles. The zero-order valence-corrected chi connectivity index (χ0v) is 16.4. The van der Waals surface area contributed by atoms with E-state index in [4.69, 9.17) is 9.47 Å². The quantitative estimate of drug-likeness (QED) is 0.660. The van der Waals surface area contributed by atoms with Crippen molar-refractivity contribution in [2.24, 2.45) is 0 Å². The molecule has 2 aromatic carbocycles. The van der Waals surface area contributed by atoms with Crippen molar-refractivity contribution in [2.45, 2.75) is 13.0 Å². The topological polar surface area (TPSA) is 84.9 Å². The van der Waals surface area contributed by atoms with E-state index < -0.39 is 22.0 Å². The first-order valence-corrected chi connectivity index (χ1v) is 10.3. The number of methoxy groups -OCH3 is 1. The Bertz CT molecular complexity index is 855. The third-order valence-electron chi connectivity index (χ3n) is 3.81. The molecule has 0 saturated carbocycles. The minimum absolute atomic E-state index is 0.243. The predicted octanol–water partition coefficient (Wildman–Crippen LogP) is 2.04. The predicted molar refractivity (Wildman–Crippen MR) is 105 cm³/mol. The van der Waals surface area contributed by atoms with Crippen molar-refractivity contribution in [2.75, 3.05) is 30.8 Å².